The fraction of sp³-hybridized carbons (Fsp3) is 0.571. The van der Waals surface area contributed by atoms with E-state index in [1.807, 2.05) is 0 Å². The molecule has 0 aromatic carbocycles. The zero-order valence-corrected chi connectivity index (χ0v) is 11.0. The smallest absolute Gasteiger partial charge is 0.255 e. The second-order valence-corrected chi connectivity index (χ2v) is 5.63. The molecule has 1 saturated carbocycles. The Hall–Kier alpha value is -1.62. The van der Waals surface area contributed by atoms with E-state index in [0.29, 0.717) is 12.1 Å². The summed E-state index contributed by atoms with van der Waals surface area (Å²) in [5, 5.41) is 10.2. The number of amides is 1. The third kappa shape index (κ3) is 2.08. The van der Waals surface area contributed by atoms with Crippen LogP contribution in [0.1, 0.15) is 36.0 Å². The van der Waals surface area contributed by atoms with Crippen LogP contribution in [0.4, 0.5) is 0 Å². The molecule has 19 heavy (non-hydrogen) atoms. The predicted molar refractivity (Wildman–Crippen MR) is 69.9 cm³/mol. The van der Waals surface area contributed by atoms with Crippen molar-refractivity contribution in [3.8, 4) is 0 Å². The summed E-state index contributed by atoms with van der Waals surface area (Å²) in [5.74, 6) is -0.0848. The van der Waals surface area contributed by atoms with Crippen LogP contribution in [-0.4, -0.2) is 38.7 Å². The van der Waals surface area contributed by atoms with Gasteiger partial charge in [0, 0.05) is 25.9 Å². The first-order chi connectivity index (χ1) is 9.01. The molecule has 1 aromatic heterocycles. The number of carbonyl (C=O) groups is 1. The summed E-state index contributed by atoms with van der Waals surface area (Å²) in [7, 11) is 1.63. The molecule has 102 valence electrons. The number of carbonyl (C=O) groups excluding carboxylic acids is 1. The van der Waals surface area contributed by atoms with Gasteiger partial charge in [-0.3, -0.25) is 9.59 Å². The van der Waals surface area contributed by atoms with E-state index in [2.05, 4.69) is 0 Å². The lowest BCUT2D eigenvalue weighted by atomic mass is 10.1. The maximum Gasteiger partial charge on any atom is 0.255 e. The Balaban J connectivity index is 1.86. The van der Waals surface area contributed by atoms with Gasteiger partial charge < -0.3 is 14.6 Å². The second kappa shape index (κ2) is 4.20. The molecule has 2 heterocycles. The molecule has 2 fully saturated rings. The standard InChI is InChI=1S/C14H18N2O3/c1-15-9-10(4-5-12(15)17)13(18)16-8-2-3-11(16)14(19)6-7-14/h4-5,9,11,19H,2-3,6-8H2,1H3. The van der Waals surface area contributed by atoms with Crippen LogP contribution < -0.4 is 5.56 Å². The van der Waals surface area contributed by atoms with Gasteiger partial charge in [-0.05, 0) is 31.7 Å². The number of nitrogens with zero attached hydrogens (tertiary/aromatic N) is 2. The van der Waals surface area contributed by atoms with Gasteiger partial charge in [-0.1, -0.05) is 0 Å². The summed E-state index contributed by atoms with van der Waals surface area (Å²) in [5.41, 5.74) is -0.277. The summed E-state index contributed by atoms with van der Waals surface area (Å²) in [6.45, 7) is 0.689. The van der Waals surface area contributed by atoms with Gasteiger partial charge in [0.15, 0.2) is 0 Å². The molecule has 1 N–H and O–H groups in total. The zero-order valence-electron chi connectivity index (χ0n) is 11.0. The molecular weight excluding hydrogens is 244 g/mol. The third-order valence-corrected chi connectivity index (χ3v) is 4.23. The van der Waals surface area contributed by atoms with Gasteiger partial charge in [0.25, 0.3) is 5.91 Å². The average molecular weight is 262 g/mol. The van der Waals surface area contributed by atoms with Gasteiger partial charge >= 0.3 is 0 Å². The van der Waals surface area contributed by atoms with Crippen LogP contribution in [0.15, 0.2) is 23.1 Å². The first-order valence-electron chi connectivity index (χ1n) is 6.71. The van der Waals surface area contributed by atoms with Crippen LogP contribution in [0.25, 0.3) is 0 Å². The molecular formula is C14H18N2O3. The highest BCUT2D eigenvalue weighted by molar-refractivity contribution is 5.94. The van der Waals surface area contributed by atoms with Crippen molar-refractivity contribution >= 4 is 5.91 Å². The first-order valence-corrected chi connectivity index (χ1v) is 6.71. The van der Waals surface area contributed by atoms with Gasteiger partial charge in [0.05, 0.1) is 17.2 Å². The highest BCUT2D eigenvalue weighted by Crippen LogP contribution is 2.44. The lowest BCUT2D eigenvalue weighted by molar-refractivity contribution is 0.0386. The van der Waals surface area contributed by atoms with Crippen LogP contribution in [0.5, 0.6) is 0 Å². The Labute approximate surface area is 111 Å². The van der Waals surface area contributed by atoms with Crippen LogP contribution in [0, 0.1) is 0 Å². The number of pyridine rings is 1. The normalized spacial score (nSPS) is 24.5. The molecule has 5 nitrogen and oxygen atoms in total. The molecule has 5 heteroatoms. The summed E-state index contributed by atoms with van der Waals surface area (Å²) in [4.78, 5) is 25.6. The second-order valence-electron chi connectivity index (χ2n) is 5.63. The number of likely N-dealkylation sites (tertiary alicyclic amines) is 1. The molecule has 0 radical (unpaired) electrons. The minimum atomic E-state index is -0.660. The Morgan fingerprint density at radius 2 is 2.16 bits per heavy atom. The lowest BCUT2D eigenvalue weighted by Gasteiger charge is -2.28. The van der Waals surface area contributed by atoms with Gasteiger partial charge in [-0.25, -0.2) is 0 Å². The van der Waals surface area contributed by atoms with Gasteiger partial charge in [0.2, 0.25) is 5.56 Å². The van der Waals surface area contributed by atoms with Gasteiger partial charge in [0.1, 0.15) is 0 Å². The van der Waals surface area contributed by atoms with E-state index in [9.17, 15) is 14.7 Å². The van der Waals surface area contributed by atoms with Crippen molar-refractivity contribution in [2.75, 3.05) is 6.54 Å². The van der Waals surface area contributed by atoms with Crippen molar-refractivity contribution in [3.05, 3.63) is 34.2 Å². The quantitative estimate of drug-likeness (QED) is 0.845. The fourth-order valence-electron chi connectivity index (χ4n) is 2.92. The van der Waals surface area contributed by atoms with E-state index in [1.165, 1.54) is 10.6 Å². The first kappa shape index (κ1) is 12.4. The van der Waals surface area contributed by atoms with Crippen LogP contribution in [0.3, 0.4) is 0 Å². The van der Waals surface area contributed by atoms with E-state index >= 15 is 0 Å². The number of aryl methyl sites for hydroxylation is 1. The maximum absolute atomic E-state index is 12.5. The van der Waals surface area contributed by atoms with E-state index < -0.39 is 5.60 Å². The number of hydrogen-bond donors (Lipinski definition) is 1. The third-order valence-electron chi connectivity index (χ3n) is 4.23. The number of aromatic nitrogens is 1. The molecule has 3 rings (SSSR count). The SMILES string of the molecule is Cn1cc(C(=O)N2CCCC2C2(O)CC2)ccc1=O. The minimum absolute atomic E-state index is 0.0581. The average Bonchev–Trinajstić information content (AvgIpc) is 2.94. The number of aliphatic hydroxyl groups is 1. The van der Waals surface area contributed by atoms with Gasteiger partial charge in [-0.15, -0.1) is 0 Å². The van der Waals surface area contributed by atoms with E-state index in [4.69, 9.17) is 0 Å². The van der Waals surface area contributed by atoms with E-state index in [0.717, 1.165) is 25.7 Å². The monoisotopic (exact) mass is 262 g/mol. The highest BCUT2D eigenvalue weighted by atomic mass is 16.3. The van der Waals surface area contributed by atoms with Crippen LogP contribution >= 0.6 is 0 Å². The molecule has 0 bridgehead atoms. The highest BCUT2D eigenvalue weighted by Gasteiger charge is 2.52. The number of rotatable bonds is 2. The van der Waals surface area contributed by atoms with E-state index in [1.54, 1.807) is 24.2 Å². The molecule has 0 spiro atoms. The molecule has 1 saturated heterocycles. The summed E-state index contributed by atoms with van der Waals surface area (Å²) >= 11 is 0. The molecule has 2 aliphatic rings. The maximum atomic E-state index is 12.5. The largest absolute Gasteiger partial charge is 0.388 e. The molecule has 1 aromatic rings. The van der Waals surface area contributed by atoms with Crippen molar-refractivity contribution in [2.45, 2.75) is 37.3 Å². The van der Waals surface area contributed by atoms with Crippen LogP contribution in [-0.2, 0) is 7.05 Å². The topological polar surface area (TPSA) is 62.5 Å². The number of hydrogen-bond acceptors (Lipinski definition) is 3. The van der Waals surface area contributed by atoms with Crippen molar-refractivity contribution in [3.63, 3.8) is 0 Å². The Kier molecular flexibility index (Phi) is 2.74. The molecule has 1 aliphatic carbocycles. The summed E-state index contributed by atoms with van der Waals surface area (Å²) in [6.07, 6.45) is 4.94. The Morgan fingerprint density at radius 3 is 2.79 bits per heavy atom. The fourth-order valence-corrected chi connectivity index (χ4v) is 2.92. The van der Waals surface area contributed by atoms with Crippen molar-refractivity contribution < 1.29 is 9.90 Å². The lowest BCUT2D eigenvalue weighted by Crippen LogP contribution is -2.44. The molecule has 1 amide bonds. The van der Waals surface area contributed by atoms with Crippen LogP contribution in [0.2, 0.25) is 0 Å². The minimum Gasteiger partial charge on any atom is -0.388 e. The molecule has 1 aliphatic heterocycles. The predicted octanol–water partition coefficient (Wildman–Crippen LogP) is 0.515. The van der Waals surface area contributed by atoms with Crippen molar-refractivity contribution in [1.29, 1.82) is 0 Å². The Bertz CT molecular complexity index is 574. The molecule has 1 unspecified atom stereocenters. The molecule has 1 atom stereocenters. The summed E-state index contributed by atoms with van der Waals surface area (Å²) in [6, 6.07) is 2.92. The Morgan fingerprint density at radius 1 is 1.42 bits per heavy atom. The summed E-state index contributed by atoms with van der Waals surface area (Å²) < 4.78 is 1.41. The van der Waals surface area contributed by atoms with Crippen molar-refractivity contribution in [2.24, 2.45) is 7.05 Å². The van der Waals surface area contributed by atoms with Gasteiger partial charge in [-0.2, -0.15) is 0 Å². The van der Waals surface area contributed by atoms with E-state index in [-0.39, 0.29) is 17.5 Å². The zero-order chi connectivity index (χ0) is 13.6. The van der Waals surface area contributed by atoms with Crippen molar-refractivity contribution in [1.82, 2.24) is 9.47 Å².